The molecule has 0 spiro atoms. The maximum absolute atomic E-state index is 12.0. The molecule has 0 amide bonds. The molecule has 18 heavy (non-hydrogen) atoms. The van der Waals surface area contributed by atoms with Crippen LogP contribution in [0.4, 0.5) is 0 Å². The van der Waals surface area contributed by atoms with Crippen molar-refractivity contribution in [3.8, 4) is 0 Å². The van der Waals surface area contributed by atoms with E-state index in [9.17, 15) is 19.8 Å². The summed E-state index contributed by atoms with van der Waals surface area (Å²) in [6, 6.07) is 0. The normalized spacial score (nSPS) is 33.4. The van der Waals surface area contributed by atoms with Crippen molar-refractivity contribution in [1.82, 2.24) is 0 Å². The predicted molar refractivity (Wildman–Crippen MR) is 64.9 cm³/mol. The Morgan fingerprint density at radius 1 is 1.17 bits per heavy atom. The fourth-order valence-corrected chi connectivity index (χ4v) is 2.14. The maximum Gasteiger partial charge on any atom is 0.348 e. The Bertz CT molecular complexity index is 387. The molecule has 2 atom stereocenters. The van der Waals surface area contributed by atoms with E-state index < -0.39 is 34.0 Å². The highest BCUT2D eigenvalue weighted by atomic mass is 16.6. The van der Waals surface area contributed by atoms with E-state index >= 15 is 0 Å². The molecule has 2 N–H and O–H groups in total. The minimum Gasteiger partial charge on any atom is -0.478 e. The van der Waals surface area contributed by atoms with Crippen molar-refractivity contribution >= 4 is 11.9 Å². The number of aliphatic hydroxyl groups is 1. The minimum absolute atomic E-state index is 0.235. The average Bonchev–Trinajstić information content (AvgIpc) is 2.39. The van der Waals surface area contributed by atoms with E-state index in [1.165, 1.54) is 0 Å². The lowest BCUT2D eigenvalue weighted by Crippen LogP contribution is -2.52. The smallest absolute Gasteiger partial charge is 0.348 e. The highest BCUT2D eigenvalue weighted by Gasteiger charge is 2.68. The van der Waals surface area contributed by atoms with Gasteiger partial charge in [-0.3, -0.25) is 0 Å². The number of carbonyl (C=O) groups excluding carboxylic acids is 1. The summed E-state index contributed by atoms with van der Waals surface area (Å²) in [5.74, 6) is -2.07. The lowest BCUT2D eigenvalue weighted by molar-refractivity contribution is -0.183. The lowest BCUT2D eigenvalue weighted by atomic mass is 9.66. The standard InChI is InChI=1S/C13H22O5/c1-10(2,3)12(17)7-13(8(14)15,11(4,5)6)18-9(12)16/h17H,7H2,1-6H3,(H,14,15)/t12-,13+/m0/s1. The van der Waals surface area contributed by atoms with Crippen molar-refractivity contribution in [1.29, 1.82) is 0 Å². The Balaban J connectivity index is 3.34. The quantitative estimate of drug-likeness (QED) is 0.698. The van der Waals surface area contributed by atoms with Gasteiger partial charge >= 0.3 is 11.9 Å². The number of ether oxygens (including phenoxy) is 1. The third-order valence-corrected chi connectivity index (χ3v) is 3.91. The summed E-state index contributed by atoms with van der Waals surface area (Å²) in [5, 5.41) is 19.9. The molecule has 1 fully saturated rings. The number of cyclic esters (lactones) is 1. The Morgan fingerprint density at radius 3 is 1.78 bits per heavy atom. The molecule has 0 saturated carbocycles. The van der Waals surface area contributed by atoms with Crippen LogP contribution < -0.4 is 0 Å². The topological polar surface area (TPSA) is 83.8 Å². The monoisotopic (exact) mass is 258 g/mol. The molecule has 0 radical (unpaired) electrons. The molecule has 5 nitrogen and oxygen atoms in total. The minimum atomic E-state index is -1.78. The number of carbonyl (C=O) groups is 2. The highest BCUT2D eigenvalue weighted by molar-refractivity contribution is 5.91. The molecule has 104 valence electrons. The second-order valence-corrected chi connectivity index (χ2v) is 7.06. The van der Waals surface area contributed by atoms with E-state index in [1.54, 1.807) is 41.5 Å². The summed E-state index contributed by atoms with van der Waals surface area (Å²) in [4.78, 5) is 23.5. The van der Waals surface area contributed by atoms with Gasteiger partial charge in [0, 0.05) is 17.3 Å². The van der Waals surface area contributed by atoms with Gasteiger partial charge in [0.2, 0.25) is 5.60 Å². The molecule has 1 saturated heterocycles. The molecule has 0 aromatic rings. The zero-order valence-corrected chi connectivity index (χ0v) is 11.8. The molecule has 0 unspecified atom stereocenters. The first-order valence-electron chi connectivity index (χ1n) is 5.97. The van der Waals surface area contributed by atoms with Crippen molar-refractivity contribution in [2.24, 2.45) is 10.8 Å². The van der Waals surface area contributed by atoms with Crippen molar-refractivity contribution in [2.45, 2.75) is 59.2 Å². The van der Waals surface area contributed by atoms with Crippen LogP contribution >= 0.6 is 0 Å². The Labute approximate surface area is 107 Å². The number of hydrogen-bond donors (Lipinski definition) is 2. The number of carboxylic acids is 1. The molecule has 5 heteroatoms. The number of hydrogen-bond acceptors (Lipinski definition) is 4. The first-order valence-corrected chi connectivity index (χ1v) is 5.97. The van der Waals surface area contributed by atoms with Crippen molar-refractivity contribution in [3.05, 3.63) is 0 Å². The third kappa shape index (κ3) is 1.81. The van der Waals surface area contributed by atoms with Crippen LogP contribution in [0, 0.1) is 10.8 Å². The van der Waals surface area contributed by atoms with Crippen LogP contribution in [0.25, 0.3) is 0 Å². The van der Waals surface area contributed by atoms with Gasteiger partial charge in [-0.1, -0.05) is 41.5 Å². The molecule has 0 bridgehead atoms. The van der Waals surface area contributed by atoms with Crippen LogP contribution in [0.3, 0.4) is 0 Å². The summed E-state index contributed by atoms with van der Waals surface area (Å²) in [7, 11) is 0. The van der Waals surface area contributed by atoms with Crippen LogP contribution in [-0.4, -0.2) is 33.4 Å². The number of rotatable bonds is 1. The van der Waals surface area contributed by atoms with Gasteiger partial charge in [-0.15, -0.1) is 0 Å². The van der Waals surface area contributed by atoms with Crippen molar-refractivity contribution < 1.29 is 24.5 Å². The summed E-state index contributed by atoms with van der Waals surface area (Å²) in [6.07, 6.45) is -0.235. The molecule has 1 heterocycles. The predicted octanol–water partition coefficient (Wildman–Crippen LogP) is 1.58. The Morgan fingerprint density at radius 2 is 1.61 bits per heavy atom. The van der Waals surface area contributed by atoms with Crippen LogP contribution in [0.15, 0.2) is 0 Å². The molecule has 0 aliphatic carbocycles. The second kappa shape index (κ2) is 3.70. The lowest BCUT2D eigenvalue weighted by Gasteiger charge is -2.38. The SMILES string of the molecule is CC(C)(C)[C@]1(O)C[C@@](C(=O)O)(C(C)(C)C)OC1=O. The first-order chi connectivity index (χ1) is 7.78. The Hall–Kier alpha value is -1.10. The highest BCUT2D eigenvalue weighted by Crippen LogP contribution is 2.51. The van der Waals surface area contributed by atoms with Crippen LogP contribution in [0.1, 0.15) is 48.0 Å². The first kappa shape index (κ1) is 15.0. The second-order valence-electron chi connectivity index (χ2n) is 7.06. The molecule has 1 aliphatic heterocycles. The van der Waals surface area contributed by atoms with Gasteiger partial charge in [-0.2, -0.15) is 0 Å². The summed E-state index contributed by atoms with van der Waals surface area (Å²) >= 11 is 0. The average molecular weight is 258 g/mol. The number of esters is 1. The van der Waals surface area contributed by atoms with E-state index in [4.69, 9.17) is 4.74 Å². The fourth-order valence-electron chi connectivity index (χ4n) is 2.14. The van der Waals surface area contributed by atoms with E-state index in [1.807, 2.05) is 0 Å². The summed E-state index contributed by atoms with van der Waals surface area (Å²) < 4.78 is 5.13. The van der Waals surface area contributed by atoms with Gasteiger partial charge in [-0.25, -0.2) is 9.59 Å². The van der Waals surface area contributed by atoms with E-state index in [-0.39, 0.29) is 6.42 Å². The fraction of sp³-hybridized carbons (Fsp3) is 0.846. The van der Waals surface area contributed by atoms with E-state index in [0.717, 1.165) is 0 Å². The van der Waals surface area contributed by atoms with Gasteiger partial charge in [0.15, 0.2) is 5.60 Å². The zero-order valence-electron chi connectivity index (χ0n) is 11.8. The Kier molecular flexibility index (Phi) is 3.07. The van der Waals surface area contributed by atoms with Gasteiger partial charge in [-0.05, 0) is 0 Å². The molecular weight excluding hydrogens is 236 g/mol. The van der Waals surface area contributed by atoms with Gasteiger partial charge in [0.25, 0.3) is 0 Å². The summed E-state index contributed by atoms with van der Waals surface area (Å²) in [5.41, 5.74) is -5.05. The number of carboxylic acid groups (broad SMARTS) is 1. The molecule has 1 aliphatic rings. The number of aliphatic carboxylic acids is 1. The van der Waals surface area contributed by atoms with Crippen LogP contribution in [0.2, 0.25) is 0 Å². The maximum atomic E-state index is 12.0. The molecule has 0 aromatic heterocycles. The van der Waals surface area contributed by atoms with Crippen molar-refractivity contribution in [3.63, 3.8) is 0 Å². The summed E-state index contributed by atoms with van der Waals surface area (Å²) in [6.45, 7) is 10.1. The zero-order chi connectivity index (χ0) is 14.6. The molecule has 0 aromatic carbocycles. The van der Waals surface area contributed by atoms with Gasteiger partial charge in [0.05, 0.1) is 0 Å². The third-order valence-electron chi connectivity index (χ3n) is 3.91. The molecular formula is C13H22O5. The van der Waals surface area contributed by atoms with Gasteiger partial charge in [0.1, 0.15) is 0 Å². The van der Waals surface area contributed by atoms with E-state index in [2.05, 4.69) is 0 Å². The van der Waals surface area contributed by atoms with Crippen LogP contribution in [-0.2, 0) is 14.3 Å². The van der Waals surface area contributed by atoms with E-state index in [0.29, 0.717) is 0 Å². The van der Waals surface area contributed by atoms with Gasteiger partial charge < -0.3 is 14.9 Å². The van der Waals surface area contributed by atoms with Crippen molar-refractivity contribution in [2.75, 3.05) is 0 Å². The molecule has 1 rings (SSSR count). The largest absolute Gasteiger partial charge is 0.478 e. The van der Waals surface area contributed by atoms with Crippen LogP contribution in [0.5, 0.6) is 0 Å².